The van der Waals surface area contributed by atoms with E-state index in [1.54, 1.807) is 42.5 Å². The molecule has 2 amide bonds. The van der Waals surface area contributed by atoms with E-state index >= 15 is 0 Å². The molecule has 0 atom stereocenters. The van der Waals surface area contributed by atoms with Crippen molar-refractivity contribution in [2.45, 2.75) is 0 Å². The summed E-state index contributed by atoms with van der Waals surface area (Å²) in [6.45, 7) is 0. The minimum Gasteiger partial charge on any atom is -0.497 e. The van der Waals surface area contributed by atoms with E-state index in [4.69, 9.17) is 4.74 Å². The van der Waals surface area contributed by atoms with Crippen molar-refractivity contribution in [2.75, 3.05) is 19.5 Å². The van der Waals surface area contributed by atoms with E-state index in [2.05, 4.69) is 10.6 Å². The molecule has 0 aliphatic rings. The van der Waals surface area contributed by atoms with Crippen LogP contribution in [0.4, 0.5) is 5.69 Å². The van der Waals surface area contributed by atoms with Crippen molar-refractivity contribution in [2.24, 2.45) is 0 Å². The molecule has 0 aliphatic heterocycles. The second-order valence-corrected chi connectivity index (χ2v) is 4.31. The van der Waals surface area contributed by atoms with Crippen LogP contribution in [0.3, 0.4) is 0 Å². The van der Waals surface area contributed by atoms with Crippen LogP contribution in [0.25, 0.3) is 0 Å². The van der Waals surface area contributed by atoms with E-state index < -0.39 is 0 Å². The van der Waals surface area contributed by atoms with Crippen molar-refractivity contribution in [3.63, 3.8) is 0 Å². The number of benzene rings is 2. The normalized spacial score (nSPS) is 9.81. The molecule has 0 saturated heterocycles. The van der Waals surface area contributed by atoms with Gasteiger partial charge >= 0.3 is 0 Å². The van der Waals surface area contributed by atoms with Crippen LogP contribution in [0.1, 0.15) is 20.7 Å². The fraction of sp³-hybridized carbons (Fsp3) is 0.125. The van der Waals surface area contributed by atoms with Crippen molar-refractivity contribution in [3.8, 4) is 5.75 Å². The third-order valence-corrected chi connectivity index (χ3v) is 2.98. The predicted octanol–water partition coefficient (Wildman–Crippen LogP) is 2.31. The van der Waals surface area contributed by atoms with Crippen molar-refractivity contribution in [3.05, 3.63) is 59.7 Å². The molecular formula is C16H16N2O3. The Hall–Kier alpha value is -2.82. The maximum absolute atomic E-state index is 12.2. The molecule has 2 aromatic rings. The lowest BCUT2D eigenvalue weighted by atomic mass is 10.1. The van der Waals surface area contributed by atoms with Gasteiger partial charge < -0.3 is 15.4 Å². The minimum absolute atomic E-state index is 0.272. The van der Waals surface area contributed by atoms with Crippen molar-refractivity contribution < 1.29 is 14.3 Å². The highest BCUT2D eigenvalue weighted by Crippen LogP contribution is 2.22. The zero-order valence-corrected chi connectivity index (χ0v) is 11.8. The summed E-state index contributed by atoms with van der Waals surface area (Å²) in [5.41, 5.74) is 1.31. The van der Waals surface area contributed by atoms with E-state index in [9.17, 15) is 9.59 Å². The number of amides is 2. The Kier molecular flexibility index (Phi) is 4.56. The van der Waals surface area contributed by atoms with Gasteiger partial charge in [0.2, 0.25) is 0 Å². The summed E-state index contributed by atoms with van der Waals surface area (Å²) in [7, 11) is 3.05. The average Bonchev–Trinajstić information content (AvgIpc) is 2.55. The number of anilines is 1. The topological polar surface area (TPSA) is 67.4 Å². The number of ether oxygens (including phenoxy) is 1. The summed E-state index contributed by atoms with van der Waals surface area (Å²) in [5, 5.41) is 5.28. The smallest absolute Gasteiger partial charge is 0.255 e. The maximum Gasteiger partial charge on any atom is 0.255 e. The first-order valence-corrected chi connectivity index (χ1v) is 6.42. The molecule has 0 saturated carbocycles. The van der Waals surface area contributed by atoms with Gasteiger partial charge in [0.25, 0.3) is 11.8 Å². The molecule has 0 aromatic heterocycles. The number of methoxy groups -OCH3 is 1. The van der Waals surface area contributed by atoms with Crippen molar-refractivity contribution in [1.82, 2.24) is 5.32 Å². The van der Waals surface area contributed by atoms with Gasteiger partial charge in [0, 0.05) is 12.6 Å². The van der Waals surface area contributed by atoms with Crippen LogP contribution < -0.4 is 15.4 Å². The Balaban J connectivity index is 2.31. The third-order valence-electron chi connectivity index (χ3n) is 2.98. The molecule has 108 valence electrons. The quantitative estimate of drug-likeness (QED) is 0.905. The molecule has 2 rings (SSSR count). The Morgan fingerprint density at radius 2 is 1.71 bits per heavy atom. The van der Waals surface area contributed by atoms with Gasteiger partial charge in [-0.15, -0.1) is 0 Å². The Bertz CT molecular complexity index is 654. The van der Waals surface area contributed by atoms with Gasteiger partial charge in [0.1, 0.15) is 5.75 Å². The molecule has 0 unspecified atom stereocenters. The van der Waals surface area contributed by atoms with E-state index in [0.29, 0.717) is 22.6 Å². The second kappa shape index (κ2) is 6.56. The molecule has 0 aliphatic carbocycles. The Labute approximate surface area is 122 Å². The van der Waals surface area contributed by atoms with Gasteiger partial charge in [0.15, 0.2) is 0 Å². The molecule has 0 spiro atoms. The van der Waals surface area contributed by atoms with E-state index in [-0.39, 0.29) is 11.8 Å². The standard InChI is InChI=1S/C16H16N2O3/c1-17-16(20)13-10-12(21-2)8-9-14(13)18-15(19)11-6-4-3-5-7-11/h3-10H,1-2H3,(H,17,20)(H,18,19). The Morgan fingerprint density at radius 1 is 1.00 bits per heavy atom. The number of carbonyl (C=O) groups excluding carboxylic acids is 2. The largest absolute Gasteiger partial charge is 0.497 e. The van der Waals surface area contributed by atoms with Gasteiger partial charge in [-0.25, -0.2) is 0 Å². The van der Waals surface area contributed by atoms with Crippen LogP contribution in [0.5, 0.6) is 5.75 Å². The lowest BCUT2D eigenvalue weighted by Crippen LogP contribution is -2.21. The van der Waals surface area contributed by atoms with Crippen molar-refractivity contribution in [1.29, 1.82) is 0 Å². The first-order valence-electron chi connectivity index (χ1n) is 6.42. The average molecular weight is 284 g/mol. The molecule has 0 fully saturated rings. The van der Waals surface area contributed by atoms with Crippen LogP contribution in [-0.2, 0) is 0 Å². The first-order chi connectivity index (χ1) is 10.2. The molecule has 2 aromatic carbocycles. The molecule has 0 heterocycles. The maximum atomic E-state index is 12.2. The molecule has 5 heteroatoms. The van der Waals surface area contributed by atoms with Gasteiger partial charge in [-0.1, -0.05) is 18.2 Å². The first kappa shape index (κ1) is 14.6. The summed E-state index contributed by atoms with van der Waals surface area (Å²) in [6.07, 6.45) is 0. The van der Waals surface area contributed by atoms with Crippen LogP contribution >= 0.6 is 0 Å². The lowest BCUT2D eigenvalue weighted by Gasteiger charge is -2.12. The van der Waals surface area contributed by atoms with Crippen molar-refractivity contribution >= 4 is 17.5 Å². The van der Waals surface area contributed by atoms with Gasteiger partial charge in [0.05, 0.1) is 18.4 Å². The fourth-order valence-corrected chi connectivity index (χ4v) is 1.87. The molecule has 2 N–H and O–H groups in total. The molecular weight excluding hydrogens is 268 g/mol. The zero-order chi connectivity index (χ0) is 15.2. The van der Waals surface area contributed by atoms with Crippen LogP contribution in [-0.4, -0.2) is 26.0 Å². The summed E-state index contributed by atoms with van der Waals surface area (Å²) < 4.78 is 5.10. The minimum atomic E-state index is -0.294. The highest BCUT2D eigenvalue weighted by molar-refractivity contribution is 6.09. The molecule has 0 radical (unpaired) electrons. The monoisotopic (exact) mass is 284 g/mol. The fourth-order valence-electron chi connectivity index (χ4n) is 1.87. The second-order valence-electron chi connectivity index (χ2n) is 4.31. The van der Waals surface area contributed by atoms with Gasteiger partial charge in [-0.3, -0.25) is 9.59 Å². The number of carbonyl (C=O) groups is 2. The van der Waals surface area contributed by atoms with E-state index in [1.165, 1.54) is 14.2 Å². The highest BCUT2D eigenvalue weighted by atomic mass is 16.5. The van der Waals surface area contributed by atoms with E-state index in [0.717, 1.165) is 0 Å². The molecule has 21 heavy (non-hydrogen) atoms. The zero-order valence-electron chi connectivity index (χ0n) is 11.8. The number of nitrogens with one attached hydrogen (secondary N) is 2. The SMILES string of the molecule is CNC(=O)c1cc(OC)ccc1NC(=O)c1ccccc1. The Morgan fingerprint density at radius 3 is 2.33 bits per heavy atom. The van der Waals surface area contributed by atoms with Crippen LogP contribution in [0.15, 0.2) is 48.5 Å². The summed E-state index contributed by atoms with van der Waals surface area (Å²) in [5.74, 6) is -0.0190. The summed E-state index contributed by atoms with van der Waals surface area (Å²) in [4.78, 5) is 24.1. The van der Waals surface area contributed by atoms with E-state index in [1.807, 2.05) is 6.07 Å². The van der Waals surface area contributed by atoms with Gasteiger partial charge in [-0.2, -0.15) is 0 Å². The van der Waals surface area contributed by atoms with Crippen LogP contribution in [0, 0.1) is 0 Å². The number of hydrogen-bond acceptors (Lipinski definition) is 3. The molecule has 5 nitrogen and oxygen atoms in total. The summed E-state index contributed by atoms with van der Waals surface area (Å²) >= 11 is 0. The lowest BCUT2D eigenvalue weighted by molar-refractivity contribution is 0.0963. The summed E-state index contributed by atoms with van der Waals surface area (Å²) in [6, 6.07) is 13.7. The number of rotatable bonds is 4. The van der Waals surface area contributed by atoms with Crippen LogP contribution in [0.2, 0.25) is 0 Å². The predicted molar refractivity (Wildman–Crippen MR) is 80.8 cm³/mol. The number of hydrogen-bond donors (Lipinski definition) is 2. The third kappa shape index (κ3) is 3.39. The molecule has 0 bridgehead atoms. The van der Waals surface area contributed by atoms with Gasteiger partial charge in [-0.05, 0) is 30.3 Å². The highest BCUT2D eigenvalue weighted by Gasteiger charge is 2.14.